The molecule has 272 valence electrons. The molecule has 0 aromatic heterocycles. The summed E-state index contributed by atoms with van der Waals surface area (Å²) in [6.07, 6.45) is 1.22. The van der Waals surface area contributed by atoms with Gasteiger partial charge in [0.25, 0.3) is 5.91 Å². The van der Waals surface area contributed by atoms with Gasteiger partial charge in [-0.15, -0.1) is 0 Å². The Kier molecular flexibility index (Phi) is 12.7. The van der Waals surface area contributed by atoms with Gasteiger partial charge < -0.3 is 34.6 Å². The van der Waals surface area contributed by atoms with Crippen molar-refractivity contribution in [3.8, 4) is 11.5 Å². The molecule has 0 unspecified atom stereocenters. The number of likely N-dealkylation sites (tertiary alicyclic amines) is 1. The fourth-order valence-corrected chi connectivity index (χ4v) is 5.98. The average molecular weight is 696 g/mol. The Balaban J connectivity index is 1.55. The van der Waals surface area contributed by atoms with Crippen molar-refractivity contribution in [2.45, 2.75) is 84.5 Å². The average Bonchev–Trinajstić information content (AvgIpc) is 3.11. The summed E-state index contributed by atoms with van der Waals surface area (Å²) in [5, 5.41) is 14.8. The Labute approximate surface area is 292 Å². The summed E-state index contributed by atoms with van der Waals surface area (Å²) in [6, 6.07) is 10.2. The van der Waals surface area contributed by atoms with E-state index in [1.165, 1.54) is 10.4 Å². The van der Waals surface area contributed by atoms with E-state index < -0.39 is 54.0 Å². The van der Waals surface area contributed by atoms with Gasteiger partial charge in [-0.3, -0.25) is 24.4 Å². The van der Waals surface area contributed by atoms with Crippen LogP contribution in [0, 0.1) is 11.8 Å². The summed E-state index contributed by atoms with van der Waals surface area (Å²) in [4.78, 5) is 69.2. The second-order valence-corrected chi connectivity index (χ2v) is 13.8. The van der Waals surface area contributed by atoms with Gasteiger partial charge in [0, 0.05) is 37.7 Å². The summed E-state index contributed by atoms with van der Waals surface area (Å²) in [7, 11) is 1.55. The molecule has 14 nitrogen and oxygen atoms in total. The molecule has 0 aliphatic carbocycles. The summed E-state index contributed by atoms with van der Waals surface area (Å²) in [5.41, 5.74) is 2.97. The number of hydroxylamine groups is 1. The van der Waals surface area contributed by atoms with E-state index in [-0.39, 0.29) is 24.8 Å². The highest BCUT2D eigenvalue weighted by Gasteiger charge is 2.41. The Morgan fingerprint density at radius 3 is 2.22 bits per heavy atom. The van der Waals surface area contributed by atoms with Crippen molar-refractivity contribution in [2.24, 2.45) is 11.8 Å². The van der Waals surface area contributed by atoms with Crippen LogP contribution in [0.25, 0.3) is 0 Å². The number of carbonyl (C=O) groups excluding carboxylic acids is 5. The van der Waals surface area contributed by atoms with Gasteiger partial charge in [0.05, 0.1) is 7.11 Å². The van der Waals surface area contributed by atoms with Gasteiger partial charge in [0.15, 0.2) is 6.61 Å². The Bertz CT molecular complexity index is 1530. The number of rotatable bonds is 11. The maximum absolute atomic E-state index is 14.5. The van der Waals surface area contributed by atoms with Gasteiger partial charge in [-0.1, -0.05) is 26.3 Å². The fraction of sp³-hybridized carbons (Fsp3) is 0.528. The highest BCUT2D eigenvalue weighted by atomic mass is 16.6. The third-order valence-corrected chi connectivity index (χ3v) is 9.04. The zero-order valence-corrected chi connectivity index (χ0v) is 29.6. The minimum Gasteiger partial charge on any atom is -0.497 e. The molecule has 0 saturated carbocycles. The van der Waals surface area contributed by atoms with Crippen LogP contribution in [0.3, 0.4) is 0 Å². The maximum Gasteiger partial charge on any atom is 0.410 e. The minimum atomic E-state index is -0.915. The maximum atomic E-state index is 14.5. The predicted octanol–water partition coefficient (Wildman–Crippen LogP) is 3.65. The van der Waals surface area contributed by atoms with E-state index in [0.717, 1.165) is 11.1 Å². The zero-order valence-electron chi connectivity index (χ0n) is 29.6. The first-order valence-electron chi connectivity index (χ1n) is 16.9. The highest BCUT2D eigenvalue weighted by molar-refractivity contribution is 5.99. The van der Waals surface area contributed by atoms with Crippen molar-refractivity contribution in [3.63, 3.8) is 0 Å². The zero-order chi connectivity index (χ0) is 36.6. The number of anilines is 1. The molecular formula is C36H49N5O9. The van der Waals surface area contributed by atoms with Gasteiger partial charge >= 0.3 is 6.09 Å². The lowest BCUT2D eigenvalue weighted by Gasteiger charge is -2.40. The molecule has 2 aromatic carbocycles. The van der Waals surface area contributed by atoms with Crippen LogP contribution in [-0.4, -0.2) is 89.2 Å². The van der Waals surface area contributed by atoms with Crippen LogP contribution < -0.4 is 25.6 Å². The van der Waals surface area contributed by atoms with Crippen molar-refractivity contribution in [2.75, 3.05) is 32.1 Å². The van der Waals surface area contributed by atoms with Gasteiger partial charge in [-0.2, -0.15) is 0 Å². The molecule has 50 heavy (non-hydrogen) atoms. The SMILES string of the molecule is CC[C@H](C)[C@H](NC(=O)C1CCN(C(=O)OC(C)(C)C)CC1)C(=O)N1Cc2cc(OCC(=O)NO)ccc2C[C@H]1C(=O)Nc1ccc(OC)cc1. The quantitative estimate of drug-likeness (QED) is 0.202. The molecule has 1 saturated heterocycles. The van der Waals surface area contributed by atoms with E-state index in [1.807, 2.05) is 13.8 Å². The molecular weight excluding hydrogens is 646 g/mol. The van der Waals surface area contributed by atoms with Crippen LogP contribution >= 0.6 is 0 Å². The molecule has 14 heteroatoms. The molecule has 2 aliphatic rings. The summed E-state index contributed by atoms with van der Waals surface area (Å²) < 4.78 is 16.2. The number of benzene rings is 2. The van der Waals surface area contributed by atoms with Crippen LogP contribution in [0.5, 0.6) is 11.5 Å². The molecule has 3 atom stereocenters. The Morgan fingerprint density at radius 1 is 0.960 bits per heavy atom. The van der Waals surface area contributed by atoms with E-state index in [9.17, 15) is 24.0 Å². The van der Waals surface area contributed by atoms with Crippen molar-refractivity contribution in [1.29, 1.82) is 0 Å². The summed E-state index contributed by atoms with van der Waals surface area (Å²) >= 11 is 0. The molecule has 0 bridgehead atoms. The first-order valence-corrected chi connectivity index (χ1v) is 16.9. The molecule has 0 radical (unpaired) electrons. The van der Waals surface area contributed by atoms with E-state index in [0.29, 0.717) is 49.5 Å². The van der Waals surface area contributed by atoms with Crippen molar-refractivity contribution < 1.29 is 43.4 Å². The monoisotopic (exact) mass is 695 g/mol. The van der Waals surface area contributed by atoms with Crippen LogP contribution in [0.15, 0.2) is 42.5 Å². The number of hydrogen-bond acceptors (Lipinski definition) is 9. The first-order chi connectivity index (χ1) is 23.7. The molecule has 2 heterocycles. The topological polar surface area (TPSA) is 176 Å². The number of fused-ring (bicyclic) bond motifs is 1. The molecule has 2 aliphatic heterocycles. The van der Waals surface area contributed by atoms with E-state index >= 15 is 0 Å². The number of ether oxygens (including phenoxy) is 3. The Hall–Kier alpha value is -4.85. The first kappa shape index (κ1) is 38.0. The number of amides is 5. The lowest BCUT2D eigenvalue weighted by molar-refractivity contribution is -0.145. The van der Waals surface area contributed by atoms with Crippen LogP contribution in [-0.2, 0) is 36.9 Å². The Morgan fingerprint density at radius 2 is 1.62 bits per heavy atom. The predicted molar refractivity (Wildman–Crippen MR) is 183 cm³/mol. The van der Waals surface area contributed by atoms with Gasteiger partial charge in [0.2, 0.25) is 17.7 Å². The fourth-order valence-electron chi connectivity index (χ4n) is 5.98. The van der Waals surface area contributed by atoms with Crippen molar-refractivity contribution in [3.05, 3.63) is 53.6 Å². The molecule has 0 spiro atoms. The normalized spacial score (nSPS) is 17.5. The van der Waals surface area contributed by atoms with E-state index in [1.54, 1.807) is 75.2 Å². The molecule has 4 rings (SSSR count). The standard InChI is InChI=1S/C36H49N5O9/c1-7-22(2)31(38-32(43)23-14-16-40(17-15-23)35(46)50-36(3,4)5)34(45)41-20-25-18-28(49-21-30(42)39-47)11-8-24(25)19-29(41)33(44)37-26-9-12-27(48-6)13-10-26/h8-13,18,22-23,29,31,47H,7,14-17,19-21H2,1-6H3,(H,37,44)(H,38,43)(H,39,42)/t22-,29-,31-/m0/s1. The molecule has 1 fully saturated rings. The lowest BCUT2D eigenvalue weighted by atomic mass is 9.89. The van der Waals surface area contributed by atoms with Gasteiger partial charge in [-0.25, -0.2) is 10.3 Å². The van der Waals surface area contributed by atoms with Gasteiger partial charge in [0.1, 0.15) is 29.2 Å². The minimum absolute atomic E-state index is 0.0509. The number of nitrogens with zero attached hydrogens (tertiary/aromatic N) is 2. The van der Waals surface area contributed by atoms with Crippen molar-refractivity contribution >= 4 is 35.4 Å². The third kappa shape index (κ3) is 9.87. The summed E-state index contributed by atoms with van der Waals surface area (Å²) in [5.74, 6) is -1.47. The third-order valence-electron chi connectivity index (χ3n) is 9.04. The van der Waals surface area contributed by atoms with E-state index in [2.05, 4.69) is 10.6 Å². The number of hydrogen-bond donors (Lipinski definition) is 4. The number of carbonyl (C=O) groups is 5. The lowest BCUT2D eigenvalue weighted by Crippen LogP contribution is -2.59. The largest absolute Gasteiger partial charge is 0.497 e. The van der Waals surface area contributed by atoms with Crippen LogP contribution in [0.2, 0.25) is 0 Å². The summed E-state index contributed by atoms with van der Waals surface area (Å²) in [6.45, 7) is 9.58. The number of piperidine rings is 1. The number of methoxy groups -OCH3 is 1. The smallest absolute Gasteiger partial charge is 0.410 e. The highest BCUT2D eigenvalue weighted by Crippen LogP contribution is 2.30. The second-order valence-electron chi connectivity index (χ2n) is 13.8. The van der Waals surface area contributed by atoms with Gasteiger partial charge in [-0.05, 0) is 87.1 Å². The van der Waals surface area contributed by atoms with E-state index in [4.69, 9.17) is 19.4 Å². The van der Waals surface area contributed by atoms with Crippen LogP contribution in [0.4, 0.5) is 10.5 Å². The van der Waals surface area contributed by atoms with Crippen molar-refractivity contribution in [1.82, 2.24) is 20.6 Å². The molecule has 2 aromatic rings. The molecule has 4 N–H and O–H groups in total. The molecule has 5 amide bonds. The second kappa shape index (κ2) is 16.7. The van der Waals surface area contributed by atoms with Crippen LogP contribution in [0.1, 0.15) is 65.0 Å². The number of nitrogens with one attached hydrogen (secondary N) is 3.